The zero-order chi connectivity index (χ0) is 9.26. The predicted molar refractivity (Wildman–Crippen MR) is 53.6 cm³/mol. The SMILES string of the molecule is CCC1CN([C@@H]2CCC[C@@H]2CO)C1. The van der Waals surface area contributed by atoms with Gasteiger partial charge in [0, 0.05) is 25.7 Å². The Labute approximate surface area is 80.9 Å². The van der Waals surface area contributed by atoms with Crippen molar-refractivity contribution in [2.45, 2.75) is 38.6 Å². The lowest BCUT2D eigenvalue weighted by Gasteiger charge is -2.44. The fourth-order valence-electron chi connectivity index (χ4n) is 2.85. The van der Waals surface area contributed by atoms with Crippen LogP contribution in [-0.2, 0) is 0 Å². The molecule has 0 amide bonds. The highest BCUT2D eigenvalue weighted by Gasteiger charge is 2.37. The predicted octanol–water partition coefficient (Wildman–Crippen LogP) is 1.49. The monoisotopic (exact) mass is 183 g/mol. The first-order valence-corrected chi connectivity index (χ1v) is 5.70. The molecule has 0 radical (unpaired) electrons. The van der Waals surface area contributed by atoms with Gasteiger partial charge in [-0.05, 0) is 24.7 Å². The van der Waals surface area contributed by atoms with E-state index < -0.39 is 0 Å². The van der Waals surface area contributed by atoms with E-state index in [1.54, 1.807) is 0 Å². The average Bonchev–Trinajstić information content (AvgIpc) is 2.50. The Bertz CT molecular complexity index is 165. The second-order valence-corrected chi connectivity index (χ2v) is 4.67. The van der Waals surface area contributed by atoms with E-state index in [1.807, 2.05) is 0 Å². The van der Waals surface area contributed by atoms with E-state index in [-0.39, 0.29) is 0 Å². The van der Waals surface area contributed by atoms with E-state index in [0.717, 1.165) is 5.92 Å². The summed E-state index contributed by atoms with van der Waals surface area (Å²) in [5, 5.41) is 9.20. The molecular formula is C11H21NO. The summed E-state index contributed by atoms with van der Waals surface area (Å²) in [6, 6.07) is 0.716. The van der Waals surface area contributed by atoms with Crippen molar-refractivity contribution < 1.29 is 5.11 Å². The van der Waals surface area contributed by atoms with Gasteiger partial charge in [-0.2, -0.15) is 0 Å². The highest BCUT2D eigenvalue weighted by Crippen LogP contribution is 2.34. The Hall–Kier alpha value is -0.0800. The van der Waals surface area contributed by atoms with Gasteiger partial charge in [-0.3, -0.25) is 4.90 Å². The molecule has 2 aliphatic rings. The first-order chi connectivity index (χ1) is 6.35. The molecule has 76 valence electrons. The van der Waals surface area contributed by atoms with Gasteiger partial charge in [0.05, 0.1) is 0 Å². The van der Waals surface area contributed by atoms with Gasteiger partial charge in [-0.25, -0.2) is 0 Å². The molecule has 2 nitrogen and oxygen atoms in total. The third-order valence-corrected chi connectivity index (χ3v) is 3.89. The molecule has 0 aromatic rings. The molecule has 2 fully saturated rings. The van der Waals surface area contributed by atoms with Crippen molar-refractivity contribution in [3.63, 3.8) is 0 Å². The lowest BCUT2D eigenvalue weighted by molar-refractivity contribution is 0.0206. The number of aliphatic hydroxyl groups is 1. The second-order valence-electron chi connectivity index (χ2n) is 4.67. The number of hydrogen-bond acceptors (Lipinski definition) is 2. The highest BCUT2D eigenvalue weighted by molar-refractivity contribution is 4.91. The molecule has 1 aliphatic heterocycles. The van der Waals surface area contributed by atoms with Gasteiger partial charge < -0.3 is 5.11 Å². The maximum atomic E-state index is 9.20. The third-order valence-electron chi connectivity index (χ3n) is 3.89. The number of aliphatic hydroxyl groups excluding tert-OH is 1. The number of hydrogen-bond donors (Lipinski definition) is 1. The Kier molecular flexibility index (Phi) is 2.89. The molecule has 0 aromatic carbocycles. The minimum atomic E-state index is 0.401. The van der Waals surface area contributed by atoms with E-state index in [1.165, 1.54) is 38.8 Å². The van der Waals surface area contributed by atoms with E-state index in [9.17, 15) is 5.11 Å². The zero-order valence-corrected chi connectivity index (χ0v) is 8.58. The summed E-state index contributed by atoms with van der Waals surface area (Å²) < 4.78 is 0. The Morgan fingerprint density at radius 3 is 2.69 bits per heavy atom. The summed E-state index contributed by atoms with van der Waals surface area (Å²) >= 11 is 0. The topological polar surface area (TPSA) is 23.5 Å². The van der Waals surface area contributed by atoms with Gasteiger partial charge in [0.2, 0.25) is 0 Å². The van der Waals surface area contributed by atoms with E-state index in [0.29, 0.717) is 18.6 Å². The van der Waals surface area contributed by atoms with Gasteiger partial charge in [-0.1, -0.05) is 19.8 Å². The lowest BCUT2D eigenvalue weighted by atomic mass is 9.92. The van der Waals surface area contributed by atoms with Crippen LogP contribution in [0.2, 0.25) is 0 Å². The van der Waals surface area contributed by atoms with Gasteiger partial charge in [0.15, 0.2) is 0 Å². The van der Waals surface area contributed by atoms with Crippen molar-refractivity contribution in [1.82, 2.24) is 4.90 Å². The second kappa shape index (κ2) is 3.97. The fraction of sp³-hybridized carbons (Fsp3) is 1.00. The first-order valence-electron chi connectivity index (χ1n) is 5.70. The molecule has 0 unspecified atom stereocenters. The molecule has 2 heteroatoms. The third kappa shape index (κ3) is 1.75. The maximum absolute atomic E-state index is 9.20. The van der Waals surface area contributed by atoms with Crippen LogP contribution in [0, 0.1) is 11.8 Å². The van der Waals surface area contributed by atoms with Crippen molar-refractivity contribution in [2.75, 3.05) is 19.7 Å². The Morgan fingerprint density at radius 2 is 2.08 bits per heavy atom. The van der Waals surface area contributed by atoms with Crippen LogP contribution in [0.3, 0.4) is 0 Å². The molecule has 1 saturated carbocycles. The molecule has 1 heterocycles. The summed E-state index contributed by atoms with van der Waals surface area (Å²) in [4.78, 5) is 2.59. The molecule has 0 bridgehead atoms. The fourth-order valence-corrected chi connectivity index (χ4v) is 2.85. The lowest BCUT2D eigenvalue weighted by Crippen LogP contribution is -2.53. The number of likely N-dealkylation sites (tertiary alicyclic amines) is 1. The molecule has 1 N–H and O–H groups in total. The van der Waals surface area contributed by atoms with Crippen LogP contribution in [0.15, 0.2) is 0 Å². The van der Waals surface area contributed by atoms with Crippen LogP contribution in [0.25, 0.3) is 0 Å². The highest BCUT2D eigenvalue weighted by atomic mass is 16.3. The summed E-state index contributed by atoms with van der Waals surface area (Å²) in [7, 11) is 0. The van der Waals surface area contributed by atoms with Gasteiger partial charge >= 0.3 is 0 Å². The van der Waals surface area contributed by atoms with Crippen LogP contribution in [0.5, 0.6) is 0 Å². The smallest absolute Gasteiger partial charge is 0.0474 e. The van der Waals surface area contributed by atoms with Crippen molar-refractivity contribution in [2.24, 2.45) is 11.8 Å². The Morgan fingerprint density at radius 1 is 1.31 bits per heavy atom. The molecule has 0 aromatic heterocycles. The van der Waals surface area contributed by atoms with Crippen LogP contribution in [0.1, 0.15) is 32.6 Å². The van der Waals surface area contributed by atoms with Crippen LogP contribution in [0.4, 0.5) is 0 Å². The zero-order valence-electron chi connectivity index (χ0n) is 8.58. The first kappa shape index (κ1) is 9.47. The van der Waals surface area contributed by atoms with Gasteiger partial charge in [-0.15, -0.1) is 0 Å². The quantitative estimate of drug-likeness (QED) is 0.716. The van der Waals surface area contributed by atoms with Crippen LogP contribution in [-0.4, -0.2) is 35.7 Å². The van der Waals surface area contributed by atoms with Crippen molar-refractivity contribution in [3.8, 4) is 0 Å². The van der Waals surface area contributed by atoms with Crippen molar-refractivity contribution >= 4 is 0 Å². The summed E-state index contributed by atoms with van der Waals surface area (Å²) in [6.07, 6.45) is 5.21. The van der Waals surface area contributed by atoms with Crippen molar-refractivity contribution in [1.29, 1.82) is 0 Å². The van der Waals surface area contributed by atoms with Crippen LogP contribution < -0.4 is 0 Å². The molecular weight excluding hydrogens is 162 g/mol. The normalized spacial score (nSPS) is 36.5. The molecule has 13 heavy (non-hydrogen) atoms. The van der Waals surface area contributed by atoms with E-state index in [2.05, 4.69) is 11.8 Å². The summed E-state index contributed by atoms with van der Waals surface area (Å²) in [6.45, 7) is 5.26. The largest absolute Gasteiger partial charge is 0.396 e. The standard InChI is InChI=1S/C11H21NO/c1-2-9-6-12(7-9)11-5-3-4-10(11)8-13/h9-11,13H,2-8H2,1H3/t10-,11-/m1/s1. The molecule has 2 rings (SSSR count). The minimum Gasteiger partial charge on any atom is -0.396 e. The van der Waals surface area contributed by atoms with E-state index >= 15 is 0 Å². The minimum absolute atomic E-state index is 0.401. The van der Waals surface area contributed by atoms with Crippen LogP contribution >= 0.6 is 0 Å². The molecule has 1 aliphatic carbocycles. The molecule has 0 spiro atoms. The number of rotatable bonds is 3. The molecule has 1 saturated heterocycles. The van der Waals surface area contributed by atoms with Crippen molar-refractivity contribution in [3.05, 3.63) is 0 Å². The Balaban J connectivity index is 1.81. The maximum Gasteiger partial charge on any atom is 0.0474 e. The van der Waals surface area contributed by atoms with Gasteiger partial charge in [0.1, 0.15) is 0 Å². The average molecular weight is 183 g/mol. The summed E-state index contributed by atoms with van der Waals surface area (Å²) in [5.74, 6) is 1.53. The summed E-state index contributed by atoms with van der Waals surface area (Å²) in [5.41, 5.74) is 0. The van der Waals surface area contributed by atoms with Gasteiger partial charge in [0.25, 0.3) is 0 Å². The number of nitrogens with zero attached hydrogens (tertiary/aromatic N) is 1. The molecule has 2 atom stereocenters. The van der Waals surface area contributed by atoms with E-state index in [4.69, 9.17) is 0 Å².